The molecule has 1 unspecified atom stereocenters. The highest BCUT2D eigenvalue weighted by Gasteiger charge is 2.12. The van der Waals surface area contributed by atoms with Gasteiger partial charge in [0.05, 0.1) is 0 Å². The Morgan fingerprint density at radius 2 is 2.42 bits per heavy atom. The maximum Gasteiger partial charge on any atom is 0.138 e. The Kier molecular flexibility index (Phi) is 2.11. The molecular formula is C9H15N3. The van der Waals surface area contributed by atoms with Gasteiger partial charge in [0.2, 0.25) is 0 Å². The lowest BCUT2D eigenvalue weighted by Crippen LogP contribution is -2.13. The van der Waals surface area contributed by atoms with Crippen LogP contribution in [0.2, 0.25) is 0 Å². The van der Waals surface area contributed by atoms with Crippen LogP contribution in [0.5, 0.6) is 0 Å². The van der Waals surface area contributed by atoms with E-state index in [9.17, 15) is 0 Å². The molecule has 0 N–H and O–H groups in total. The molecule has 3 heteroatoms. The standard InChI is InChI=1S/C9H15N3/c1-8-4-2-3-5-12-9(6-8)10-7-11-12/h7-8H,2-6H2,1H3. The second-order valence-corrected chi connectivity index (χ2v) is 3.70. The second-order valence-electron chi connectivity index (χ2n) is 3.70. The molecule has 1 atom stereocenters. The fourth-order valence-electron chi connectivity index (χ4n) is 1.80. The van der Waals surface area contributed by atoms with E-state index < -0.39 is 0 Å². The minimum atomic E-state index is 0.772. The average molecular weight is 165 g/mol. The molecule has 3 nitrogen and oxygen atoms in total. The predicted octanol–water partition coefficient (Wildman–Crippen LogP) is 1.64. The maximum absolute atomic E-state index is 4.26. The van der Waals surface area contributed by atoms with Gasteiger partial charge in [-0.05, 0) is 12.3 Å². The third kappa shape index (κ3) is 1.49. The van der Waals surface area contributed by atoms with Crippen molar-refractivity contribution in [2.45, 2.75) is 39.2 Å². The number of rotatable bonds is 0. The molecule has 1 aromatic heterocycles. The smallest absolute Gasteiger partial charge is 0.138 e. The quantitative estimate of drug-likeness (QED) is 0.585. The summed E-state index contributed by atoms with van der Waals surface area (Å²) in [4.78, 5) is 4.26. The first-order valence-electron chi connectivity index (χ1n) is 4.73. The van der Waals surface area contributed by atoms with Gasteiger partial charge in [0, 0.05) is 13.0 Å². The molecule has 0 saturated carbocycles. The molecule has 0 bridgehead atoms. The van der Waals surface area contributed by atoms with Gasteiger partial charge in [0.1, 0.15) is 12.2 Å². The van der Waals surface area contributed by atoms with Crippen LogP contribution in [0.1, 0.15) is 32.0 Å². The summed E-state index contributed by atoms with van der Waals surface area (Å²) in [6.07, 6.45) is 6.70. The molecule has 0 amide bonds. The minimum Gasteiger partial charge on any atom is -0.250 e. The lowest BCUT2D eigenvalue weighted by atomic mass is 9.99. The van der Waals surface area contributed by atoms with E-state index in [0.717, 1.165) is 18.9 Å². The Balaban J connectivity index is 2.19. The van der Waals surface area contributed by atoms with Crippen LogP contribution in [0.3, 0.4) is 0 Å². The summed E-state index contributed by atoms with van der Waals surface area (Å²) in [7, 11) is 0. The van der Waals surface area contributed by atoms with Crippen LogP contribution in [0.15, 0.2) is 6.33 Å². The average Bonchev–Trinajstić information content (AvgIpc) is 2.42. The SMILES string of the molecule is CC1CCCCn2ncnc2C1. The van der Waals surface area contributed by atoms with Gasteiger partial charge in [0.25, 0.3) is 0 Å². The van der Waals surface area contributed by atoms with Crippen molar-refractivity contribution in [2.24, 2.45) is 5.92 Å². The number of aryl methyl sites for hydroxylation is 1. The number of nitrogens with zero attached hydrogens (tertiary/aromatic N) is 3. The van der Waals surface area contributed by atoms with Gasteiger partial charge in [-0.15, -0.1) is 0 Å². The molecule has 0 saturated heterocycles. The number of fused-ring (bicyclic) bond motifs is 1. The van der Waals surface area contributed by atoms with E-state index in [1.165, 1.54) is 25.1 Å². The summed E-state index contributed by atoms with van der Waals surface area (Å²) in [6, 6.07) is 0. The third-order valence-corrected chi connectivity index (χ3v) is 2.54. The van der Waals surface area contributed by atoms with Crippen LogP contribution in [-0.4, -0.2) is 14.8 Å². The van der Waals surface area contributed by atoms with Crippen LogP contribution in [0.25, 0.3) is 0 Å². The van der Waals surface area contributed by atoms with Gasteiger partial charge in [-0.3, -0.25) is 4.68 Å². The van der Waals surface area contributed by atoms with E-state index in [2.05, 4.69) is 21.7 Å². The highest BCUT2D eigenvalue weighted by Crippen LogP contribution is 2.16. The van der Waals surface area contributed by atoms with Gasteiger partial charge in [0.15, 0.2) is 0 Å². The zero-order valence-electron chi connectivity index (χ0n) is 7.53. The first-order chi connectivity index (χ1) is 5.86. The molecule has 1 aliphatic rings. The van der Waals surface area contributed by atoms with E-state index in [-0.39, 0.29) is 0 Å². The Labute approximate surface area is 72.8 Å². The Morgan fingerprint density at radius 3 is 3.33 bits per heavy atom. The van der Waals surface area contributed by atoms with E-state index in [0.29, 0.717) is 0 Å². The topological polar surface area (TPSA) is 30.7 Å². The monoisotopic (exact) mass is 165 g/mol. The van der Waals surface area contributed by atoms with Crippen molar-refractivity contribution in [3.8, 4) is 0 Å². The fourth-order valence-corrected chi connectivity index (χ4v) is 1.80. The fraction of sp³-hybridized carbons (Fsp3) is 0.778. The van der Waals surface area contributed by atoms with Crippen molar-refractivity contribution in [2.75, 3.05) is 0 Å². The van der Waals surface area contributed by atoms with Gasteiger partial charge >= 0.3 is 0 Å². The van der Waals surface area contributed by atoms with Crippen molar-refractivity contribution in [1.82, 2.24) is 14.8 Å². The largest absolute Gasteiger partial charge is 0.250 e. The molecule has 2 heterocycles. The molecule has 0 fully saturated rings. The highest BCUT2D eigenvalue weighted by molar-refractivity contribution is 4.87. The first kappa shape index (κ1) is 7.77. The highest BCUT2D eigenvalue weighted by atomic mass is 15.3. The summed E-state index contributed by atoms with van der Waals surface area (Å²) in [6.45, 7) is 3.35. The molecule has 0 aliphatic carbocycles. The molecule has 1 aliphatic heterocycles. The van der Waals surface area contributed by atoms with Gasteiger partial charge in [-0.25, -0.2) is 4.98 Å². The molecule has 0 radical (unpaired) electrons. The van der Waals surface area contributed by atoms with E-state index >= 15 is 0 Å². The summed E-state index contributed by atoms with van der Waals surface area (Å²) in [5.74, 6) is 1.94. The van der Waals surface area contributed by atoms with Crippen LogP contribution >= 0.6 is 0 Å². The molecular weight excluding hydrogens is 150 g/mol. The normalized spacial score (nSPS) is 24.2. The van der Waals surface area contributed by atoms with Crippen LogP contribution in [0.4, 0.5) is 0 Å². The number of hydrogen-bond donors (Lipinski definition) is 0. The zero-order chi connectivity index (χ0) is 8.39. The molecule has 0 spiro atoms. The van der Waals surface area contributed by atoms with Gasteiger partial charge < -0.3 is 0 Å². The van der Waals surface area contributed by atoms with Crippen molar-refractivity contribution in [1.29, 1.82) is 0 Å². The zero-order valence-corrected chi connectivity index (χ0v) is 7.53. The summed E-state index contributed by atoms with van der Waals surface area (Å²) >= 11 is 0. The summed E-state index contributed by atoms with van der Waals surface area (Å²) < 4.78 is 2.05. The maximum atomic E-state index is 4.26. The van der Waals surface area contributed by atoms with Gasteiger partial charge in [-0.2, -0.15) is 5.10 Å². The Bertz CT molecular complexity index is 254. The third-order valence-electron chi connectivity index (χ3n) is 2.54. The minimum absolute atomic E-state index is 0.772. The summed E-state index contributed by atoms with van der Waals surface area (Å²) in [5, 5.41) is 4.20. The molecule has 12 heavy (non-hydrogen) atoms. The first-order valence-corrected chi connectivity index (χ1v) is 4.73. The predicted molar refractivity (Wildman–Crippen MR) is 46.7 cm³/mol. The number of aromatic nitrogens is 3. The summed E-state index contributed by atoms with van der Waals surface area (Å²) in [5.41, 5.74) is 0. The van der Waals surface area contributed by atoms with Crippen LogP contribution in [-0.2, 0) is 13.0 Å². The Hall–Kier alpha value is -0.860. The van der Waals surface area contributed by atoms with Crippen molar-refractivity contribution < 1.29 is 0 Å². The molecule has 1 aromatic rings. The van der Waals surface area contributed by atoms with Crippen molar-refractivity contribution in [3.05, 3.63) is 12.2 Å². The lowest BCUT2D eigenvalue weighted by Gasteiger charge is -2.15. The molecule has 0 aromatic carbocycles. The van der Waals surface area contributed by atoms with Gasteiger partial charge in [-0.1, -0.05) is 19.8 Å². The van der Waals surface area contributed by atoms with Crippen LogP contribution < -0.4 is 0 Å². The van der Waals surface area contributed by atoms with Crippen LogP contribution in [0, 0.1) is 5.92 Å². The lowest BCUT2D eigenvalue weighted by molar-refractivity contribution is 0.411. The van der Waals surface area contributed by atoms with E-state index in [4.69, 9.17) is 0 Å². The molecule has 66 valence electrons. The van der Waals surface area contributed by atoms with E-state index in [1.54, 1.807) is 6.33 Å². The van der Waals surface area contributed by atoms with E-state index in [1.807, 2.05) is 0 Å². The van der Waals surface area contributed by atoms with Crippen molar-refractivity contribution in [3.63, 3.8) is 0 Å². The Morgan fingerprint density at radius 1 is 1.50 bits per heavy atom. The van der Waals surface area contributed by atoms with Crippen molar-refractivity contribution >= 4 is 0 Å². The molecule has 2 rings (SSSR count). The number of hydrogen-bond acceptors (Lipinski definition) is 2. The second kappa shape index (κ2) is 3.25.